The van der Waals surface area contributed by atoms with Crippen LogP contribution < -0.4 is 5.32 Å². The monoisotopic (exact) mass is 221 g/mol. The van der Waals surface area contributed by atoms with Crippen LogP contribution in [-0.4, -0.2) is 22.6 Å². The average molecular weight is 221 g/mol. The molecular weight excluding hydrogens is 198 g/mol. The lowest BCUT2D eigenvalue weighted by Crippen LogP contribution is -2.25. The van der Waals surface area contributed by atoms with Crippen molar-refractivity contribution >= 4 is 0 Å². The Bertz CT molecular complexity index is 354. The third kappa shape index (κ3) is 2.14. The molecule has 1 N–H and O–H groups in total. The number of rotatable bonds is 4. The minimum Gasteiger partial charge on any atom is -0.328 e. The molecule has 3 heteroatoms. The summed E-state index contributed by atoms with van der Waals surface area (Å²) < 4.78 is 2.44. The van der Waals surface area contributed by atoms with Crippen LogP contribution in [0.1, 0.15) is 49.9 Å². The largest absolute Gasteiger partial charge is 0.328 e. The molecule has 0 aliphatic heterocycles. The van der Waals surface area contributed by atoms with Gasteiger partial charge in [0.25, 0.3) is 0 Å². The van der Waals surface area contributed by atoms with Gasteiger partial charge in [-0.2, -0.15) is 0 Å². The molecule has 0 spiro atoms. The Balaban J connectivity index is 2.22. The maximum atomic E-state index is 4.72. The van der Waals surface area contributed by atoms with E-state index in [2.05, 4.69) is 30.7 Å². The molecule has 1 aliphatic carbocycles. The first kappa shape index (κ1) is 11.6. The minimum atomic E-state index is 0.522. The maximum absolute atomic E-state index is 4.72. The molecule has 0 saturated heterocycles. The van der Waals surface area contributed by atoms with E-state index in [1.165, 1.54) is 42.9 Å². The van der Waals surface area contributed by atoms with Gasteiger partial charge in [0.05, 0.1) is 5.69 Å². The lowest BCUT2D eigenvalue weighted by molar-refractivity contribution is 0.471. The highest BCUT2D eigenvalue weighted by molar-refractivity contribution is 5.20. The Hall–Kier alpha value is -0.830. The van der Waals surface area contributed by atoms with Crippen molar-refractivity contribution in [3.8, 4) is 0 Å². The van der Waals surface area contributed by atoms with Gasteiger partial charge in [-0.25, -0.2) is 4.98 Å². The molecular formula is C13H23N3. The highest BCUT2D eigenvalue weighted by atomic mass is 15.1. The van der Waals surface area contributed by atoms with Crippen LogP contribution in [0.5, 0.6) is 0 Å². The zero-order valence-electron chi connectivity index (χ0n) is 10.7. The quantitative estimate of drug-likeness (QED) is 0.845. The van der Waals surface area contributed by atoms with Crippen molar-refractivity contribution in [1.82, 2.24) is 14.9 Å². The SMILES string of the molecule is CCNCC(C)n1c(C)nc2c1CCCC2. The van der Waals surface area contributed by atoms with Gasteiger partial charge in [0, 0.05) is 18.3 Å². The van der Waals surface area contributed by atoms with E-state index in [4.69, 9.17) is 4.98 Å². The standard InChI is InChI=1S/C13H23N3/c1-4-14-9-10(2)16-11(3)15-12-7-5-6-8-13(12)16/h10,14H,4-9H2,1-3H3. The summed E-state index contributed by atoms with van der Waals surface area (Å²) in [7, 11) is 0. The first-order valence-electron chi connectivity index (χ1n) is 6.51. The molecule has 1 aliphatic rings. The lowest BCUT2D eigenvalue weighted by Gasteiger charge is -2.21. The second-order valence-electron chi connectivity index (χ2n) is 4.79. The first-order chi connectivity index (χ1) is 7.74. The highest BCUT2D eigenvalue weighted by Crippen LogP contribution is 2.24. The van der Waals surface area contributed by atoms with Crippen LogP contribution >= 0.6 is 0 Å². The van der Waals surface area contributed by atoms with Crippen LogP contribution in [0.25, 0.3) is 0 Å². The van der Waals surface area contributed by atoms with Gasteiger partial charge in [-0.3, -0.25) is 0 Å². The van der Waals surface area contributed by atoms with Crippen LogP contribution in [0.15, 0.2) is 0 Å². The predicted molar refractivity (Wildman–Crippen MR) is 66.9 cm³/mol. The van der Waals surface area contributed by atoms with E-state index in [1.807, 2.05) is 0 Å². The average Bonchev–Trinajstić information content (AvgIpc) is 2.62. The zero-order chi connectivity index (χ0) is 11.5. The summed E-state index contributed by atoms with van der Waals surface area (Å²) in [5.41, 5.74) is 2.85. The molecule has 16 heavy (non-hydrogen) atoms. The van der Waals surface area contributed by atoms with E-state index in [1.54, 1.807) is 0 Å². The third-order valence-corrected chi connectivity index (χ3v) is 3.48. The summed E-state index contributed by atoms with van der Waals surface area (Å²) >= 11 is 0. The van der Waals surface area contributed by atoms with Crippen LogP contribution in [0, 0.1) is 6.92 Å². The van der Waals surface area contributed by atoms with Crippen LogP contribution in [0.4, 0.5) is 0 Å². The third-order valence-electron chi connectivity index (χ3n) is 3.48. The number of nitrogens with zero attached hydrogens (tertiary/aromatic N) is 2. The van der Waals surface area contributed by atoms with Crippen molar-refractivity contribution in [2.75, 3.05) is 13.1 Å². The molecule has 1 heterocycles. The van der Waals surface area contributed by atoms with Gasteiger partial charge in [-0.15, -0.1) is 0 Å². The molecule has 0 radical (unpaired) electrons. The van der Waals surface area contributed by atoms with Gasteiger partial charge in [-0.05, 0) is 46.1 Å². The summed E-state index contributed by atoms with van der Waals surface area (Å²) in [6.45, 7) is 8.66. The molecule has 1 aromatic rings. The fraction of sp³-hybridized carbons (Fsp3) is 0.769. The minimum absolute atomic E-state index is 0.522. The van der Waals surface area contributed by atoms with E-state index in [0.29, 0.717) is 6.04 Å². The van der Waals surface area contributed by atoms with E-state index < -0.39 is 0 Å². The highest BCUT2D eigenvalue weighted by Gasteiger charge is 2.20. The lowest BCUT2D eigenvalue weighted by atomic mass is 10.0. The van der Waals surface area contributed by atoms with Gasteiger partial charge in [-0.1, -0.05) is 6.92 Å². The molecule has 0 saturated carbocycles. The molecule has 1 aromatic heterocycles. The van der Waals surface area contributed by atoms with Gasteiger partial charge in [0.2, 0.25) is 0 Å². The molecule has 3 nitrogen and oxygen atoms in total. The first-order valence-corrected chi connectivity index (χ1v) is 6.51. The van der Waals surface area contributed by atoms with Crippen molar-refractivity contribution in [3.63, 3.8) is 0 Å². The van der Waals surface area contributed by atoms with Crippen molar-refractivity contribution in [3.05, 3.63) is 17.2 Å². The maximum Gasteiger partial charge on any atom is 0.106 e. The fourth-order valence-electron chi connectivity index (χ4n) is 2.73. The van der Waals surface area contributed by atoms with Crippen molar-refractivity contribution in [2.24, 2.45) is 0 Å². The number of nitrogens with one attached hydrogen (secondary N) is 1. The van der Waals surface area contributed by atoms with E-state index in [9.17, 15) is 0 Å². The number of imidazole rings is 1. The number of aryl methyl sites for hydroxylation is 2. The topological polar surface area (TPSA) is 29.9 Å². The predicted octanol–water partition coefficient (Wildman–Crippen LogP) is 2.24. The fourth-order valence-corrected chi connectivity index (χ4v) is 2.73. The molecule has 90 valence electrons. The second-order valence-corrected chi connectivity index (χ2v) is 4.79. The number of likely N-dealkylation sites (N-methyl/N-ethyl adjacent to an activating group) is 1. The van der Waals surface area contributed by atoms with Crippen LogP contribution in [-0.2, 0) is 12.8 Å². The van der Waals surface area contributed by atoms with Gasteiger partial charge >= 0.3 is 0 Å². The molecule has 2 rings (SSSR count). The van der Waals surface area contributed by atoms with Crippen LogP contribution in [0.2, 0.25) is 0 Å². The number of aromatic nitrogens is 2. The Morgan fingerprint density at radius 3 is 2.88 bits per heavy atom. The van der Waals surface area contributed by atoms with Gasteiger partial charge < -0.3 is 9.88 Å². The second kappa shape index (κ2) is 5.00. The summed E-state index contributed by atoms with van der Waals surface area (Å²) in [6, 6.07) is 0.522. The Morgan fingerprint density at radius 1 is 1.38 bits per heavy atom. The normalized spacial score (nSPS) is 17.2. The molecule has 0 bridgehead atoms. The van der Waals surface area contributed by atoms with Crippen molar-refractivity contribution in [1.29, 1.82) is 0 Å². The smallest absolute Gasteiger partial charge is 0.106 e. The number of hydrogen-bond donors (Lipinski definition) is 1. The van der Waals surface area contributed by atoms with Gasteiger partial charge in [0.15, 0.2) is 0 Å². The Labute approximate surface area is 98.3 Å². The van der Waals surface area contributed by atoms with E-state index in [0.717, 1.165) is 13.1 Å². The van der Waals surface area contributed by atoms with Gasteiger partial charge in [0.1, 0.15) is 5.82 Å². The van der Waals surface area contributed by atoms with E-state index >= 15 is 0 Å². The van der Waals surface area contributed by atoms with Crippen molar-refractivity contribution in [2.45, 2.75) is 52.5 Å². The molecule has 1 atom stereocenters. The summed E-state index contributed by atoms with van der Waals surface area (Å²) in [4.78, 5) is 4.72. The van der Waals surface area contributed by atoms with Crippen molar-refractivity contribution < 1.29 is 0 Å². The molecule has 0 aromatic carbocycles. The Morgan fingerprint density at radius 2 is 2.12 bits per heavy atom. The Kier molecular flexibility index (Phi) is 3.64. The van der Waals surface area contributed by atoms with Crippen LogP contribution in [0.3, 0.4) is 0 Å². The number of hydrogen-bond acceptors (Lipinski definition) is 2. The summed E-state index contributed by atoms with van der Waals surface area (Å²) in [6.07, 6.45) is 5.03. The summed E-state index contributed by atoms with van der Waals surface area (Å²) in [5, 5.41) is 3.42. The molecule has 0 fully saturated rings. The summed E-state index contributed by atoms with van der Waals surface area (Å²) in [5.74, 6) is 1.19. The molecule has 0 amide bonds. The number of fused-ring (bicyclic) bond motifs is 1. The van der Waals surface area contributed by atoms with E-state index in [-0.39, 0.29) is 0 Å². The molecule has 1 unspecified atom stereocenters. The zero-order valence-corrected chi connectivity index (χ0v) is 10.7.